The summed E-state index contributed by atoms with van der Waals surface area (Å²) in [7, 11) is 0. The lowest BCUT2D eigenvalue weighted by molar-refractivity contribution is 0.0986. The molecule has 0 saturated heterocycles. The van der Waals surface area contributed by atoms with Gasteiger partial charge in [0.05, 0.1) is 12.1 Å². The number of pyridine rings is 1. The minimum Gasteiger partial charge on any atom is -0.383 e. The maximum atomic E-state index is 13.6. The number of carbonyl (C=O) groups is 1. The molecule has 34 heavy (non-hydrogen) atoms. The highest BCUT2D eigenvalue weighted by Gasteiger charge is 2.26. The van der Waals surface area contributed by atoms with E-state index in [0.717, 1.165) is 36.9 Å². The Bertz CT molecular complexity index is 1310. The number of allylic oxidation sites excluding steroid dienone is 1. The molecule has 1 aliphatic rings. The van der Waals surface area contributed by atoms with Gasteiger partial charge in [0.1, 0.15) is 5.82 Å². The maximum Gasteiger partial charge on any atom is 0.330 e. The maximum absolute atomic E-state index is 13.6. The number of nitrogens with two attached hydrogens (primary N) is 1. The summed E-state index contributed by atoms with van der Waals surface area (Å²) in [5, 5.41) is 0. The van der Waals surface area contributed by atoms with Gasteiger partial charge in [0.25, 0.3) is 11.5 Å². The third kappa shape index (κ3) is 5.17. The molecule has 3 N–H and O–H groups in total. The number of H-pyrrole nitrogens is 1. The highest BCUT2D eigenvalue weighted by Crippen LogP contribution is 2.24. The number of amides is 1. The quantitative estimate of drug-likeness (QED) is 0.526. The second-order valence-electron chi connectivity index (χ2n) is 8.57. The average molecular weight is 460 g/mol. The number of rotatable bonds is 7. The van der Waals surface area contributed by atoms with Crippen LogP contribution in [0.3, 0.4) is 0 Å². The molecule has 0 bridgehead atoms. The third-order valence-corrected chi connectivity index (χ3v) is 6.11. The van der Waals surface area contributed by atoms with Crippen LogP contribution in [0.25, 0.3) is 0 Å². The van der Waals surface area contributed by atoms with E-state index < -0.39 is 11.2 Å². The van der Waals surface area contributed by atoms with Crippen LogP contribution in [0.1, 0.15) is 53.7 Å². The first-order valence-electron chi connectivity index (χ1n) is 11.5. The summed E-state index contributed by atoms with van der Waals surface area (Å²) in [6, 6.07) is 12.8. The number of carbonyl (C=O) groups excluding carboxylic acids is 1. The van der Waals surface area contributed by atoms with Crippen molar-refractivity contribution in [2.45, 2.75) is 45.6 Å². The highest BCUT2D eigenvalue weighted by atomic mass is 16.2. The summed E-state index contributed by atoms with van der Waals surface area (Å²) in [6.07, 6.45) is 8.62. The molecule has 8 nitrogen and oxygen atoms in total. The van der Waals surface area contributed by atoms with E-state index in [1.807, 2.05) is 37.3 Å². The number of nitrogens with one attached hydrogen (secondary N) is 1. The van der Waals surface area contributed by atoms with E-state index in [-0.39, 0.29) is 30.5 Å². The molecule has 1 amide bonds. The number of hydrogen-bond acceptors (Lipinski definition) is 5. The van der Waals surface area contributed by atoms with E-state index in [9.17, 15) is 14.4 Å². The predicted molar refractivity (Wildman–Crippen MR) is 133 cm³/mol. The van der Waals surface area contributed by atoms with Crippen molar-refractivity contribution in [3.63, 3.8) is 0 Å². The van der Waals surface area contributed by atoms with Crippen molar-refractivity contribution < 1.29 is 4.79 Å². The van der Waals surface area contributed by atoms with Crippen LogP contribution in [-0.2, 0) is 6.54 Å². The molecule has 1 aromatic carbocycles. The summed E-state index contributed by atoms with van der Waals surface area (Å²) in [4.78, 5) is 47.1. The van der Waals surface area contributed by atoms with Crippen LogP contribution in [-0.4, -0.2) is 27.0 Å². The Kier molecular flexibility index (Phi) is 7.06. The van der Waals surface area contributed by atoms with Gasteiger partial charge in [-0.05, 0) is 56.7 Å². The van der Waals surface area contributed by atoms with Crippen LogP contribution in [0.2, 0.25) is 0 Å². The van der Waals surface area contributed by atoms with Gasteiger partial charge in [-0.15, -0.1) is 0 Å². The molecule has 2 heterocycles. The van der Waals surface area contributed by atoms with Crippen molar-refractivity contribution >= 4 is 17.4 Å². The molecule has 0 spiro atoms. The van der Waals surface area contributed by atoms with Gasteiger partial charge in [0.15, 0.2) is 5.69 Å². The topological polar surface area (TPSA) is 114 Å². The van der Waals surface area contributed by atoms with Gasteiger partial charge < -0.3 is 10.6 Å². The average Bonchev–Trinajstić information content (AvgIpc) is 2.85. The number of aryl methyl sites for hydroxylation is 1. The van der Waals surface area contributed by atoms with E-state index >= 15 is 0 Å². The fraction of sp³-hybridized carbons (Fsp3) is 0.308. The van der Waals surface area contributed by atoms with Crippen molar-refractivity contribution in [3.8, 4) is 0 Å². The number of hydrogen-bond donors (Lipinski definition) is 2. The number of nitrogens with zero attached hydrogens (tertiary/aromatic N) is 3. The predicted octanol–water partition coefficient (Wildman–Crippen LogP) is 3.41. The van der Waals surface area contributed by atoms with Gasteiger partial charge in [-0.1, -0.05) is 42.0 Å². The van der Waals surface area contributed by atoms with Crippen LogP contribution in [0.5, 0.6) is 0 Å². The number of aromatic amines is 1. The molecule has 8 heteroatoms. The number of nitrogen functional groups attached to an aromatic ring is 1. The van der Waals surface area contributed by atoms with Crippen molar-refractivity contribution in [1.29, 1.82) is 0 Å². The summed E-state index contributed by atoms with van der Waals surface area (Å²) >= 11 is 0. The Hall–Kier alpha value is -3.94. The van der Waals surface area contributed by atoms with E-state index in [2.05, 4.69) is 16.0 Å². The van der Waals surface area contributed by atoms with Gasteiger partial charge in [-0.25, -0.2) is 4.79 Å². The first-order chi connectivity index (χ1) is 16.4. The first kappa shape index (κ1) is 23.2. The smallest absolute Gasteiger partial charge is 0.330 e. The molecule has 1 aliphatic carbocycles. The normalized spacial score (nSPS) is 13.4. The molecule has 0 saturated carbocycles. The number of benzene rings is 1. The Labute approximate surface area is 197 Å². The number of aromatic nitrogens is 3. The van der Waals surface area contributed by atoms with Gasteiger partial charge in [-0.3, -0.25) is 24.1 Å². The summed E-state index contributed by atoms with van der Waals surface area (Å²) in [6.45, 7) is 2.29. The second-order valence-corrected chi connectivity index (χ2v) is 8.57. The zero-order chi connectivity index (χ0) is 24.1. The summed E-state index contributed by atoms with van der Waals surface area (Å²) in [5.41, 5.74) is 8.33. The van der Waals surface area contributed by atoms with E-state index in [1.165, 1.54) is 21.2 Å². The molecule has 4 rings (SSSR count). The van der Waals surface area contributed by atoms with Gasteiger partial charge in [0.2, 0.25) is 0 Å². The lowest BCUT2D eigenvalue weighted by Gasteiger charge is -2.25. The van der Waals surface area contributed by atoms with Crippen LogP contribution in [0.4, 0.5) is 11.5 Å². The van der Waals surface area contributed by atoms with Crippen LogP contribution >= 0.6 is 0 Å². The zero-order valence-corrected chi connectivity index (χ0v) is 19.3. The molecule has 0 unspecified atom stereocenters. The molecule has 2 aromatic heterocycles. The lowest BCUT2D eigenvalue weighted by Crippen LogP contribution is -2.42. The largest absolute Gasteiger partial charge is 0.383 e. The SMILES string of the molecule is Cc1ccc(C(=O)N(CCC2=CCCCC2)c2c(N)n(Cc3ccccc3)c(=O)[nH]c2=O)cn1. The van der Waals surface area contributed by atoms with Crippen LogP contribution in [0, 0.1) is 6.92 Å². The Morgan fingerprint density at radius 3 is 2.62 bits per heavy atom. The summed E-state index contributed by atoms with van der Waals surface area (Å²) < 4.78 is 1.29. The minimum absolute atomic E-state index is 0.0162. The molecule has 0 radical (unpaired) electrons. The van der Waals surface area contributed by atoms with E-state index in [0.29, 0.717) is 12.0 Å². The van der Waals surface area contributed by atoms with Crippen molar-refractivity contribution in [3.05, 3.63) is 98.0 Å². The van der Waals surface area contributed by atoms with E-state index in [4.69, 9.17) is 5.73 Å². The van der Waals surface area contributed by atoms with Crippen molar-refractivity contribution in [2.24, 2.45) is 0 Å². The van der Waals surface area contributed by atoms with Gasteiger partial charge >= 0.3 is 5.69 Å². The minimum atomic E-state index is -0.683. The van der Waals surface area contributed by atoms with Crippen LogP contribution < -0.4 is 21.9 Å². The standard InChI is InChI=1S/C26H29N5O3/c1-18-12-13-21(16-28-18)25(33)30(15-14-19-8-4-2-5-9-19)22-23(27)31(26(34)29-24(22)32)17-20-10-6-3-7-11-20/h3,6-8,10-13,16H,2,4-5,9,14-15,17,27H2,1H3,(H,29,32,34). The molecule has 176 valence electrons. The Balaban J connectivity index is 1.76. The third-order valence-electron chi connectivity index (χ3n) is 6.11. The monoisotopic (exact) mass is 459 g/mol. The van der Waals surface area contributed by atoms with Crippen LogP contribution in [0.15, 0.2) is 69.9 Å². The fourth-order valence-corrected chi connectivity index (χ4v) is 4.21. The van der Waals surface area contributed by atoms with Crippen molar-refractivity contribution in [1.82, 2.24) is 14.5 Å². The molecule has 3 aromatic rings. The fourth-order valence-electron chi connectivity index (χ4n) is 4.21. The first-order valence-corrected chi connectivity index (χ1v) is 11.5. The second kappa shape index (κ2) is 10.3. The molecular weight excluding hydrogens is 430 g/mol. The Morgan fingerprint density at radius 2 is 1.94 bits per heavy atom. The zero-order valence-electron chi connectivity index (χ0n) is 19.3. The van der Waals surface area contributed by atoms with Gasteiger partial charge in [0, 0.05) is 18.4 Å². The molecule has 0 fully saturated rings. The Morgan fingerprint density at radius 1 is 1.15 bits per heavy atom. The highest BCUT2D eigenvalue weighted by molar-refractivity contribution is 6.07. The van der Waals surface area contributed by atoms with E-state index in [1.54, 1.807) is 12.1 Å². The summed E-state index contributed by atoms with van der Waals surface area (Å²) in [5.74, 6) is -0.422. The van der Waals surface area contributed by atoms with Crippen molar-refractivity contribution in [2.75, 3.05) is 17.2 Å². The van der Waals surface area contributed by atoms with Gasteiger partial charge in [-0.2, -0.15) is 0 Å². The molecule has 0 atom stereocenters. The number of anilines is 2. The molecule has 0 aliphatic heterocycles. The lowest BCUT2D eigenvalue weighted by atomic mass is 9.97. The molecular formula is C26H29N5O3.